The highest BCUT2D eigenvalue weighted by Gasteiger charge is 2.19. The van der Waals surface area contributed by atoms with Gasteiger partial charge in [0.2, 0.25) is 0 Å². The summed E-state index contributed by atoms with van der Waals surface area (Å²) in [6.45, 7) is 7.86. The maximum absolute atomic E-state index is 5.67. The van der Waals surface area contributed by atoms with Gasteiger partial charge >= 0.3 is 0 Å². The number of nitrogens with one attached hydrogen (secondary N) is 1. The van der Waals surface area contributed by atoms with Crippen molar-refractivity contribution in [2.24, 2.45) is 0 Å². The van der Waals surface area contributed by atoms with Crippen LogP contribution in [0, 0.1) is 0 Å². The van der Waals surface area contributed by atoms with Crippen LogP contribution in [0.2, 0.25) is 0 Å². The summed E-state index contributed by atoms with van der Waals surface area (Å²) in [6, 6.07) is 0.552. The van der Waals surface area contributed by atoms with Crippen molar-refractivity contribution in [3.05, 3.63) is 0 Å². The average molecular weight is 257 g/mol. The van der Waals surface area contributed by atoms with E-state index in [1.165, 1.54) is 57.8 Å². The number of hydrogen-bond acceptors (Lipinski definition) is 2. The first-order valence-corrected chi connectivity index (χ1v) is 8.06. The highest BCUT2D eigenvalue weighted by molar-refractivity contribution is 4.76. The van der Waals surface area contributed by atoms with Gasteiger partial charge in [0.05, 0.1) is 6.10 Å². The van der Waals surface area contributed by atoms with Gasteiger partial charge in [-0.05, 0) is 25.8 Å². The third-order valence-corrected chi connectivity index (χ3v) is 3.60. The molecule has 0 aromatic carbocycles. The lowest BCUT2D eigenvalue weighted by Crippen LogP contribution is -2.41. The van der Waals surface area contributed by atoms with E-state index < -0.39 is 0 Å². The van der Waals surface area contributed by atoms with Crippen LogP contribution < -0.4 is 5.32 Å². The Morgan fingerprint density at radius 3 is 2.11 bits per heavy atom. The second-order valence-corrected chi connectivity index (χ2v) is 5.33. The summed E-state index contributed by atoms with van der Waals surface area (Å²) in [4.78, 5) is 0. The van der Waals surface area contributed by atoms with Crippen molar-refractivity contribution >= 4 is 0 Å². The molecule has 0 fully saturated rings. The van der Waals surface area contributed by atoms with Gasteiger partial charge < -0.3 is 10.1 Å². The molecule has 1 N–H and O–H groups in total. The summed E-state index contributed by atoms with van der Waals surface area (Å²) in [6.07, 6.45) is 12.1. The smallest absolute Gasteiger partial charge is 0.0724 e. The van der Waals surface area contributed by atoms with E-state index in [-0.39, 0.29) is 0 Å². The van der Waals surface area contributed by atoms with Crippen molar-refractivity contribution < 1.29 is 4.74 Å². The normalized spacial score (nSPS) is 14.7. The first kappa shape index (κ1) is 17.9. The molecule has 0 saturated carbocycles. The van der Waals surface area contributed by atoms with Crippen LogP contribution in [0.4, 0.5) is 0 Å². The molecule has 2 atom stereocenters. The summed E-state index contributed by atoms with van der Waals surface area (Å²) in [5.41, 5.74) is 0. The monoisotopic (exact) mass is 257 g/mol. The van der Waals surface area contributed by atoms with Crippen LogP contribution in [0.1, 0.15) is 78.6 Å². The fraction of sp³-hybridized carbons (Fsp3) is 1.00. The third-order valence-electron chi connectivity index (χ3n) is 3.60. The van der Waals surface area contributed by atoms with Gasteiger partial charge in [0.15, 0.2) is 0 Å². The predicted octanol–water partition coefficient (Wildman–Crippen LogP) is 4.53. The number of unbranched alkanes of at least 4 members (excludes halogenated alkanes) is 4. The molecule has 0 aromatic heterocycles. The van der Waals surface area contributed by atoms with Gasteiger partial charge in [-0.25, -0.2) is 0 Å². The van der Waals surface area contributed by atoms with Crippen molar-refractivity contribution in [1.29, 1.82) is 0 Å². The first-order valence-electron chi connectivity index (χ1n) is 8.06. The Kier molecular flexibility index (Phi) is 13.3. The van der Waals surface area contributed by atoms with Gasteiger partial charge in [-0.2, -0.15) is 0 Å². The minimum atomic E-state index is 0.396. The molecule has 0 aliphatic heterocycles. The summed E-state index contributed by atoms with van der Waals surface area (Å²) in [5, 5.41) is 3.67. The predicted molar refractivity (Wildman–Crippen MR) is 81.2 cm³/mol. The van der Waals surface area contributed by atoms with E-state index in [1.54, 1.807) is 0 Å². The van der Waals surface area contributed by atoms with E-state index in [1.807, 2.05) is 7.11 Å². The van der Waals surface area contributed by atoms with Gasteiger partial charge in [-0.15, -0.1) is 0 Å². The molecular formula is C16H35NO. The van der Waals surface area contributed by atoms with Crippen molar-refractivity contribution in [2.75, 3.05) is 13.7 Å². The molecule has 2 unspecified atom stereocenters. The topological polar surface area (TPSA) is 21.3 Å². The number of methoxy groups -OCH3 is 1. The second-order valence-electron chi connectivity index (χ2n) is 5.33. The molecule has 0 heterocycles. The van der Waals surface area contributed by atoms with E-state index in [0.29, 0.717) is 12.1 Å². The lowest BCUT2D eigenvalue weighted by Gasteiger charge is -2.27. The molecule has 18 heavy (non-hydrogen) atoms. The molecule has 110 valence electrons. The van der Waals surface area contributed by atoms with Gasteiger partial charge in [0.1, 0.15) is 0 Å². The van der Waals surface area contributed by atoms with Crippen LogP contribution in [-0.4, -0.2) is 25.8 Å². The van der Waals surface area contributed by atoms with Crippen molar-refractivity contribution in [2.45, 2.75) is 90.7 Å². The van der Waals surface area contributed by atoms with Gasteiger partial charge in [0.25, 0.3) is 0 Å². The summed E-state index contributed by atoms with van der Waals surface area (Å²) < 4.78 is 5.67. The van der Waals surface area contributed by atoms with Crippen molar-refractivity contribution in [3.63, 3.8) is 0 Å². The lowest BCUT2D eigenvalue weighted by molar-refractivity contribution is 0.0572. The Morgan fingerprint density at radius 2 is 1.56 bits per heavy atom. The summed E-state index contributed by atoms with van der Waals surface area (Å²) in [5.74, 6) is 0. The quantitative estimate of drug-likeness (QED) is 0.489. The SMILES string of the molecule is CCCCCCCC(NCCC)C(CCC)OC. The molecule has 0 rings (SSSR count). The standard InChI is InChI=1S/C16H35NO/c1-5-8-9-10-11-13-15(17-14-7-3)16(18-4)12-6-2/h15-17H,5-14H2,1-4H3. The molecule has 0 aliphatic carbocycles. The Bertz CT molecular complexity index is 161. The van der Waals surface area contributed by atoms with Gasteiger partial charge in [-0.3, -0.25) is 0 Å². The number of ether oxygens (including phenoxy) is 1. The molecule has 2 nitrogen and oxygen atoms in total. The molecule has 2 heteroatoms. The maximum atomic E-state index is 5.67. The largest absolute Gasteiger partial charge is 0.380 e. The van der Waals surface area contributed by atoms with Crippen LogP contribution in [0.15, 0.2) is 0 Å². The second kappa shape index (κ2) is 13.4. The zero-order valence-corrected chi connectivity index (χ0v) is 13.1. The van der Waals surface area contributed by atoms with E-state index in [4.69, 9.17) is 4.74 Å². The minimum absolute atomic E-state index is 0.396. The maximum Gasteiger partial charge on any atom is 0.0724 e. The Hall–Kier alpha value is -0.0800. The van der Waals surface area contributed by atoms with Crippen LogP contribution >= 0.6 is 0 Å². The summed E-state index contributed by atoms with van der Waals surface area (Å²) >= 11 is 0. The fourth-order valence-corrected chi connectivity index (χ4v) is 2.48. The molecule has 0 aromatic rings. The van der Waals surface area contributed by atoms with E-state index in [2.05, 4.69) is 26.1 Å². The zero-order chi connectivity index (χ0) is 13.6. The van der Waals surface area contributed by atoms with Crippen LogP contribution in [0.25, 0.3) is 0 Å². The van der Waals surface area contributed by atoms with Crippen LogP contribution in [0.3, 0.4) is 0 Å². The molecule has 0 amide bonds. The Morgan fingerprint density at radius 1 is 0.833 bits per heavy atom. The fourth-order valence-electron chi connectivity index (χ4n) is 2.48. The average Bonchev–Trinajstić information content (AvgIpc) is 2.39. The summed E-state index contributed by atoms with van der Waals surface area (Å²) in [7, 11) is 1.86. The van der Waals surface area contributed by atoms with Crippen molar-refractivity contribution in [1.82, 2.24) is 5.32 Å². The number of hydrogen-bond donors (Lipinski definition) is 1. The molecular weight excluding hydrogens is 222 g/mol. The van der Waals surface area contributed by atoms with Gasteiger partial charge in [-0.1, -0.05) is 59.3 Å². The van der Waals surface area contributed by atoms with Crippen LogP contribution in [-0.2, 0) is 4.74 Å². The zero-order valence-electron chi connectivity index (χ0n) is 13.1. The van der Waals surface area contributed by atoms with Crippen molar-refractivity contribution in [3.8, 4) is 0 Å². The lowest BCUT2D eigenvalue weighted by atomic mass is 9.99. The first-order chi connectivity index (χ1) is 8.79. The van der Waals surface area contributed by atoms with Gasteiger partial charge in [0, 0.05) is 13.2 Å². The molecule has 0 bridgehead atoms. The highest BCUT2D eigenvalue weighted by Crippen LogP contribution is 2.14. The van der Waals surface area contributed by atoms with E-state index in [0.717, 1.165) is 6.54 Å². The molecule has 0 saturated heterocycles. The highest BCUT2D eigenvalue weighted by atomic mass is 16.5. The molecule has 0 aliphatic rings. The Labute approximate surface area is 115 Å². The Balaban J connectivity index is 3.95. The molecule has 0 radical (unpaired) electrons. The molecule has 0 spiro atoms. The van der Waals surface area contributed by atoms with E-state index in [9.17, 15) is 0 Å². The minimum Gasteiger partial charge on any atom is -0.380 e. The third kappa shape index (κ3) is 8.93. The van der Waals surface area contributed by atoms with E-state index >= 15 is 0 Å². The number of rotatable bonds is 13. The van der Waals surface area contributed by atoms with Crippen LogP contribution in [0.5, 0.6) is 0 Å².